The van der Waals surface area contributed by atoms with Crippen LogP contribution in [0.15, 0.2) is 30.3 Å². The third-order valence-electron chi connectivity index (χ3n) is 5.32. The monoisotopic (exact) mass is 302 g/mol. The maximum absolute atomic E-state index is 12.8. The second kappa shape index (κ2) is 6.82. The van der Waals surface area contributed by atoms with Gasteiger partial charge in [0.2, 0.25) is 5.91 Å². The molecule has 1 aromatic rings. The molecule has 0 radical (unpaired) electrons. The van der Waals surface area contributed by atoms with Gasteiger partial charge in [0.25, 0.3) is 0 Å². The lowest BCUT2D eigenvalue weighted by Crippen LogP contribution is -2.45. The van der Waals surface area contributed by atoms with Crippen LogP contribution in [0.1, 0.15) is 58.1 Å². The molecular weight excluding hydrogens is 272 g/mol. The Balaban J connectivity index is 1.98. The summed E-state index contributed by atoms with van der Waals surface area (Å²) in [6.07, 6.45) is 4.58. The number of hydrogen-bond donors (Lipinski definition) is 1. The van der Waals surface area contributed by atoms with Crippen LogP contribution in [-0.2, 0) is 4.79 Å². The van der Waals surface area contributed by atoms with E-state index >= 15 is 0 Å². The molecule has 1 fully saturated rings. The maximum atomic E-state index is 12.8. The van der Waals surface area contributed by atoms with Crippen molar-refractivity contribution in [2.75, 3.05) is 7.05 Å². The van der Waals surface area contributed by atoms with Crippen LogP contribution < -0.4 is 5.73 Å². The van der Waals surface area contributed by atoms with Crippen molar-refractivity contribution >= 4 is 5.91 Å². The second-order valence-corrected chi connectivity index (χ2v) is 7.57. The minimum atomic E-state index is -0.240. The number of amides is 1. The Bertz CT molecular complexity index is 487. The molecule has 3 heteroatoms. The van der Waals surface area contributed by atoms with Gasteiger partial charge in [0.05, 0.1) is 5.92 Å². The van der Waals surface area contributed by atoms with Gasteiger partial charge in [-0.1, -0.05) is 51.1 Å². The second-order valence-electron chi connectivity index (χ2n) is 7.57. The summed E-state index contributed by atoms with van der Waals surface area (Å²) in [5, 5.41) is 0. The molecule has 1 aromatic carbocycles. The summed E-state index contributed by atoms with van der Waals surface area (Å²) < 4.78 is 0. The molecule has 2 rings (SSSR count). The molecule has 2 atom stereocenters. The molecule has 0 saturated heterocycles. The molecule has 0 aromatic heterocycles. The largest absolute Gasteiger partial charge is 0.342 e. The van der Waals surface area contributed by atoms with Crippen molar-refractivity contribution < 1.29 is 4.79 Å². The van der Waals surface area contributed by atoms with Crippen molar-refractivity contribution in [2.45, 2.75) is 58.5 Å². The van der Waals surface area contributed by atoms with Crippen molar-refractivity contribution in [1.82, 2.24) is 4.90 Å². The Morgan fingerprint density at radius 1 is 1.23 bits per heavy atom. The lowest BCUT2D eigenvalue weighted by atomic mass is 9.75. The zero-order valence-corrected chi connectivity index (χ0v) is 14.4. The number of carbonyl (C=O) groups is 1. The lowest BCUT2D eigenvalue weighted by molar-refractivity contribution is -0.137. The van der Waals surface area contributed by atoms with Crippen LogP contribution in [0.5, 0.6) is 0 Å². The summed E-state index contributed by atoms with van der Waals surface area (Å²) in [5.74, 6) is -0.0246. The van der Waals surface area contributed by atoms with Gasteiger partial charge in [0, 0.05) is 19.1 Å². The van der Waals surface area contributed by atoms with Crippen LogP contribution in [0.3, 0.4) is 0 Å². The fourth-order valence-electron chi connectivity index (χ4n) is 3.39. The number of hydrogen-bond acceptors (Lipinski definition) is 2. The van der Waals surface area contributed by atoms with Crippen LogP contribution in [-0.4, -0.2) is 23.9 Å². The molecule has 1 saturated carbocycles. The average molecular weight is 302 g/mol. The van der Waals surface area contributed by atoms with Crippen molar-refractivity contribution in [3.8, 4) is 0 Å². The van der Waals surface area contributed by atoms with Gasteiger partial charge < -0.3 is 10.6 Å². The van der Waals surface area contributed by atoms with Crippen molar-refractivity contribution in [2.24, 2.45) is 17.1 Å². The van der Waals surface area contributed by atoms with Gasteiger partial charge in [0.1, 0.15) is 0 Å². The Morgan fingerprint density at radius 2 is 1.77 bits per heavy atom. The van der Waals surface area contributed by atoms with Crippen LogP contribution in [0.4, 0.5) is 0 Å². The van der Waals surface area contributed by atoms with E-state index in [-0.39, 0.29) is 17.9 Å². The number of carbonyl (C=O) groups excluding carboxylic acids is 1. The maximum Gasteiger partial charge on any atom is 0.227 e. The van der Waals surface area contributed by atoms with Crippen LogP contribution >= 0.6 is 0 Å². The molecule has 1 aliphatic carbocycles. The van der Waals surface area contributed by atoms with E-state index in [2.05, 4.69) is 13.8 Å². The summed E-state index contributed by atoms with van der Waals surface area (Å²) in [6, 6.07) is 10.0. The first-order chi connectivity index (χ1) is 10.3. The number of nitrogens with two attached hydrogens (primary N) is 1. The zero-order chi connectivity index (χ0) is 16.3. The van der Waals surface area contributed by atoms with Gasteiger partial charge in [-0.15, -0.1) is 0 Å². The van der Waals surface area contributed by atoms with Gasteiger partial charge >= 0.3 is 0 Å². The van der Waals surface area contributed by atoms with Crippen molar-refractivity contribution in [3.05, 3.63) is 35.9 Å². The molecule has 1 aliphatic rings. The molecule has 0 bridgehead atoms. The predicted octanol–water partition coefficient (Wildman–Crippen LogP) is 3.75. The lowest BCUT2D eigenvalue weighted by Gasteiger charge is -2.39. The standard InChI is InChI=1S/C19H30N2O/c1-14(17(20)15-8-6-5-7-9-15)18(22)21(4)16-10-12-19(2,3)13-11-16/h5-9,14,16-17H,10-13,20H2,1-4H3. The quantitative estimate of drug-likeness (QED) is 0.920. The first-order valence-electron chi connectivity index (χ1n) is 8.39. The highest BCUT2D eigenvalue weighted by atomic mass is 16.2. The highest BCUT2D eigenvalue weighted by molar-refractivity contribution is 5.79. The molecule has 2 N–H and O–H groups in total. The highest BCUT2D eigenvalue weighted by Gasteiger charge is 2.33. The Morgan fingerprint density at radius 3 is 2.32 bits per heavy atom. The topological polar surface area (TPSA) is 46.3 Å². The van der Waals surface area contributed by atoms with Crippen molar-refractivity contribution in [1.29, 1.82) is 0 Å². The van der Waals surface area contributed by atoms with E-state index in [1.165, 1.54) is 12.8 Å². The molecular formula is C19H30N2O. The van der Waals surface area contributed by atoms with Gasteiger partial charge in [-0.05, 0) is 36.7 Å². The molecule has 2 unspecified atom stereocenters. The van der Waals surface area contributed by atoms with E-state index in [1.54, 1.807) is 0 Å². The van der Waals surface area contributed by atoms with E-state index in [4.69, 9.17) is 5.73 Å². The molecule has 1 amide bonds. The summed E-state index contributed by atoms with van der Waals surface area (Å²) in [5.41, 5.74) is 7.75. The number of rotatable bonds is 4. The fourth-order valence-corrected chi connectivity index (χ4v) is 3.39. The molecule has 0 aliphatic heterocycles. The van der Waals surface area contributed by atoms with Crippen molar-refractivity contribution in [3.63, 3.8) is 0 Å². The zero-order valence-electron chi connectivity index (χ0n) is 14.4. The average Bonchev–Trinajstić information content (AvgIpc) is 2.53. The van der Waals surface area contributed by atoms with Gasteiger partial charge in [-0.2, -0.15) is 0 Å². The Labute approximate surface area is 134 Å². The summed E-state index contributed by atoms with van der Waals surface area (Å²) >= 11 is 0. The van der Waals surface area contributed by atoms with E-state index in [0.717, 1.165) is 18.4 Å². The summed E-state index contributed by atoms with van der Waals surface area (Å²) in [6.45, 7) is 6.58. The molecule has 3 nitrogen and oxygen atoms in total. The van der Waals surface area contributed by atoms with Crippen LogP contribution in [0, 0.1) is 11.3 Å². The minimum Gasteiger partial charge on any atom is -0.342 e. The SMILES string of the molecule is CC(C(=O)N(C)C1CCC(C)(C)CC1)C(N)c1ccccc1. The van der Waals surface area contributed by atoms with E-state index in [0.29, 0.717) is 11.5 Å². The third-order valence-corrected chi connectivity index (χ3v) is 5.32. The number of nitrogens with zero attached hydrogens (tertiary/aromatic N) is 1. The Kier molecular flexibility index (Phi) is 5.28. The van der Waals surface area contributed by atoms with Crippen LogP contribution in [0.25, 0.3) is 0 Å². The van der Waals surface area contributed by atoms with Gasteiger partial charge in [-0.3, -0.25) is 4.79 Å². The van der Waals surface area contributed by atoms with E-state index in [1.807, 2.05) is 49.2 Å². The first-order valence-corrected chi connectivity index (χ1v) is 8.39. The van der Waals surface area contributed by atoms with Gasteiger partial charge in [0.15, 0.2) is 0 Å². The Hall–Kier alpha value is -1.35. The highest BCUT2D eigenvalue weighted by Crippen LogP contribution is 2.37. The smallest absolute Gasteiger partial charge is 0.227 e. The summed E-state index contributed by atoms with van der Waals surface area (Å²) in [7, 11) is 1.94. The first kappa shape index (κ1) is 17.0. The molecule has 22 heavy (non-hydrogen) atoms. The van der Waals surface area contributed by atoms with E-state index in [9.17, 15) is 4.79 Å². The predicted molar refractivity (Wildman–Crippen MR) is 91.3 cm³/mol. The summed E-state index contributed by atoms with van der Waals surface area (Å²) in [4.78, 5) is 14.7. The molecule has 0 spiro atoms. The molecule has 122 valence electrons. The molecule has 0 heterocycles. The minimum absolute atomic E-state index is 0.168. The van der Waals surface area contributed by atoms with Gasteiger partial charge in [-0.25, -0.2) is 0 Å². The fraction of sp³-hybridized carbons (Fsp3) is 0.632. The third kappa shape index (κ3) is 3.89. The normalized spacial score (nSPS) is 21.1. The number of benzene rings is 1. The van der Waals surface area contributed by atoms with Crippen LogP contribution in [0.2, 0.25) is 0 Å². The van der Waals surface area contributed by atoms with E-state index < -0.39 is 0 Å².